The van der Waals surface area contributed by atoms with E-state index in [2.05, 4.69) is 86.9 Å². The molecule has 10 heteroatoms. The largest absolute Gasteiger partial charge is 0.444 e. The summed E-state index contributed by atoms with van der Waals surface area (Å²) in [5.74, 6) is 1.76. The molecule has 0 radical (unpaired) electrons. The first-order valence-electron chi connectivity index (χ1n) is 16.6. The molecule has 2 unspecified atom stereocenters. The van der Waals surface area contributed by atoms with Crippen LogP contribution < -0.4 is 10.6 Å². The van der Waals surface area contributed by atoms with E-state index in [0.717, 1.165) is 45.3 Å². The average molecular weight is 657 g/mol. The number of imidazole rings is 2. The van der Waals surface area contributed by atoms with Crippen LogP contribution in [-0.4, -0.2) is 42.5 Å². The molecule has 2 atom stereocenters. The molecule has 4 aromatic rings. The van der Waals surface area contributed by atoms with Crippen molar-refractivity contribution >= 4 is 12.2 Å². The Morgan fingerprint density at radius 3 is 1.15 bits per heavy atom. The van der Waals surface area contributed by atoms with Crippen LogP contribution in [0.4, 0.5) is 9.59 Å². The van der Waals surface area contributed by atoms with Gasteiger partial charge in [0.05, 0.1) is 35.9 Å². The molecule has 0 aliphatic heterocycles. The molecule has 2 aromatic carbocycles. The van der Waals surface area contributed by atoms with Crippen LogP contribution in [0.25, 0.3) is 33.6 Å². The molecule has 48 heavy (non-hydrogen) atoms. The number of hydrogen-bond donors (Lipinski definition) is 2. The Kier molecular flexibility index (Phi) is 10.8. The summed E-state index contributed by atoms with van der Waals surface area (Å²) in [6.07, 6.45) is 2.78. The summed E-state index contributed by atoms with van der Waals surface area (Å²) in [6.45, 7) is 19.3. The normalized spacial score (nSPS) is 13.4. The van der Waals surface area contributed by atoms with Crippen molar-refractivity contribution in [3.05, 3.63) is 72.6 Å². The van der Waals surface area contributed by atoms with Gasteiger partial charge in [0.25, 0.3) is 0 Å². The summed E-state index contributed by atoms with van der Waals surface area (Å²) >= 11 is 0. The van der Waals surface area contributed by atoms with E-state index in [0.29, 0.717) is 0 Å². The maximum atomic E-state index is 12.6. The molecule has 10 nitrogen and oxygen atoms in total. The fourth-order valence-electron chi connectivity index (χ4n) is 5.56. The van der Waals surface area contributed by atoms with Gasteiger partial charge in [-0.2, -0.15) is 0 Å². The Morgan fingerprint density at radius 2 is 0.875 bits per heavy atom. The van der Waals surface area contributed by atoms with Gasteiger partial charge in [-0.05, 0) is 75.6 Å². The average Bonchev–Trinajstić information content (AvgIpc) is 3.54. The van der Waals surface area contributed by atoms with Crippen LogP contribution in [0.5, 0.6) is 0 Å². The molecule has 0 bridgehead atoms. The number of nitrogens with zero attached hydrogens (tertiary/aromatic N) is 4. The summed E-state index contributed by atoms with van der Waals surface area (Å²) in [7, 11) is 3.94. The van der Waals surface area contributed by atoms with Crippen LogP contribution in [0.15, 0.2) is 60.9 Å². The summed E-state index contributed by atoms with van der Waals surface area (Å²) in [4.78, 5) is 34.5. The Balaban J connectivity index is 1.50. The lowest BCUT2D eigenvalue weighted by molar-refractivity contribution is 0.0474. The maximum Gasteiger partial charge on any atom is 0.408 e. The number of carbonyl (C=O) groups excluding carboxylic acids is 2. The van der Waals surface area contributed by atoms with Crippen molar-refractivity contribution in [2.24, 2.45) is 25.9 Å². The van der Waals surface area contributed by atoms with Gasteiger partial charge in [-0.25, -0.2) is 19.6 Å². The minimum absolute atomic E-state index is 0.111. The number of amides is 2. The number of hydrogen-bond acceptors (Lipinski definition) is 6. The van der Waals surface area contributed by atoms with Crippen molar-refractivity contribution in [1.29, 1.82) is 0 Å². The van der Waals surface area contributed by atoms with Gasteiger partial charge in [0.1, 0.15) is 22.9 Å². The second-order valence-electron chi connectivity index (χ2n) is 15.0. The fraction of sp³-hybridized carbons (Fsp3) is 0.474. The first-order chi connectivity index (χ1) is 22.3. The SMILES string of the molecule is CC(C)C(NC(=O)OC(C)(C)C)c1ncc(-c2ccc(-c3ccc(-c4cnc(C(NC(=O)OC(C)(C)C)C(C)C)n4C)cc3)cc2)n1C. The smallest absolute Gasteiger partial charge is 0.408 e. The monoisotopic (exact) mass is 656 g/mol. The zero-order valence-electron chi connectivity index (χ0n) is 30.5. The molecule has 0 saturated heterocycles. The van der Waals surface area contributed by atoms with Crippen molar-refractivity contribution in [3.63, 3.8) is 0 Å². The standard InChI is InChI=1S/C38H52N6O4/c1-23(2)31(41-35(45)47-37(5,6)7)33-39-21-29(43(33)11)27-17-13-25(14-18-27)26-15-19-28(20-16-26)30-22-40-34(44(30)12)32(24(3)4)42-36(46)48-38(8,9)10/h13-24,31-32H,1-12H3,(H,41,45)(H,42,46). The lowest BCUT2D eigenvalue weighted by atomic mass is 10.0. The number of ether oxygens (including phenoxy) is 2. The molecule has 2 amide bonds. The predicted octanol–water partition coefficient (Wildman–Crippen LogP) is 8.60. The number of rotatable bonds is 9. The van der Waals surface area contributed by atoms with E-state index in [4.69, 9.17) is 19.4 Å². The zero-order chi connectivity index (χ0) is 35.6. The Labute approximate surface area is 285 Å². The number of benzene rings is 2. The van der Waals surface area contributed by atoms with Gasteiger partial charge in [-0.3, -0.25) is 0 Å². The third-order valence-corrected chi connectivity index (χ3v) is 7.98. The molecule has 0 aliphatic carbocycles. The number of carbonyl (C=O) groups is 2. The lowest BCUT2D eigenvalue weighted by Crippen LogP contribution is -2.37. The molecular weight excluding hydrogens is 604 g/mol. The summed E-state index contributed by atoms with van der Waals surface area (Å²) in [6, 6.07) is 16.2. The summed E-state index contributed by atoms with van der Waals surface area (Å²) < 4.78 is 15.1. The van der Waals surface area contributed by atoms with Crippen LogP contribution in [0.3, 0.4) is 0 Å². The molecule has 258 valence electrons. The molecule has 4 rings (SSSR count). The van der Waals surface area contributed by atoms with Crippen LogP contribution in [0.1, 0.15) is 93.0 Å². The third kappa shape index (κ3) is 8.85. The quantitative estimate of drug-likeness (QED) is 0.187. The highest BCUT2D eigenvalue weighted by Crippen LogP contribution is 2.31. The van der Waals surface area contributed by atoms with Crippen molar-refractivity contribution in [2.75, 3.05) is 0 Å². The summed E-state index contributed by atoms with van der Waals surface area (Å²) in [5.41, 5.74) is 4.98. The van der Waals surface area contributed by atoms with Crippen molar-refractivity contribution in [3.8, 4) is 33.6 Å². The van der Waals surface area contributed by atoms with E-state index in [1.54, 1.807) is 0 Å². The minimum atomic E-state index is -0.582. The number of alkyl carbamates (subject to hydrolysis) is 2. The summed E-state index contributed by atoms with van der Waals surface area (Å²) in [5, 5.41) is 6.00. The van der Waals surface area contributed by atoms with E-state index >= 15 is 0 Å². The Morgan fingerprint density at radius 1 is 0.583 bits per heavy atom. The van der Waals surface area contributed by atoms with Gasteiger partial charge in [0, 0.05) is 14.1 Å². The number of nitrogens with one attached hydrogen (secondary N) is 2. The van der Waals surface area contributed by atoms with Gasteiger partial charge in [0.15, 0.2) is 0 Å². The molecule has 0 fully saturated rings. The van der Waals surface area contributed by atoms with Crippen LogP contribution in [0, 0.1) is 11.8 Å². The zero-order valence-corrected chi connectivity index (χ0v) is 30.5. The van der Waals surface area contributed by atoms with Gasteiger partial charge in [0.2, 0.25) is 0 Å². The van der Waals surface area contributed by atoms with Gasteiger partial charge in [-0.15, -0.1) is 0 Å². The number of aromatic nitrogens is 4. The first-order valence-corrected chi connectivity index (χ1v) is 16.6. The maximum absolute atomic E-state index is 12.6. The molecular formula is C38H52N6O4. The van der Waals surface area contributed by atoms with Crippen molar-refractivity contribution in [2.45, 2.75) is 92.5 Å². The van der Waals surface area contributed by atoms with Crippen LogP contribution in [-0.2, 0) is 23.6 Å². The Hall–Kier alpha value is -4.60. The highest BCUT2D eigenvalue weighted by atomic mass is 16.6. The van der Waals surface area contributed by atoms with Gasteiger partial charge >= 0.3 is 12.2 Å². The lowest BCUT2D eigenvalue weighted by Gasteiger charge is -2.25. The third-order valence-electron chi connectivity index (χ3n) is 7.98. The van der Waals surface area contributed by atoms with E-state index in [1.807, 2.05) is 77.2 Å². The molecule has 0 spiro atoms. The molecule has 0 aliphatic rings. The van der Waals surface area contributed by atoms with E-state index in [-0.39, 0.29) is 23.9 Å². The Bertz CT molecular complexity index is 1580. The molecule has 2 heterocycles. The fourth-order valence-corrected chi connectivity index (χ4v) is 5.56. The highest BCUT2D eigenvalue weighted by molar-refractivity contribution is 5.72. The van der Waals surface area contributed by atoms with Crippen molar-refractivity contribution < 1.29 is 19.1 Å². The van der Waals surface area contributed by atoms with Crippen LogP contribution >= 0.6 is 0 Å². The van der Waals surface area contributed by atoms with E-state index in [1.165, 1.54) is 0 Å². The minimum Gasteiger partial charge on any atom is -0.444 e. The molecule has 0 saturated carbocycles. The van der Waals surface area contributed by atoms with Gasteiger partial charge in [-0.1, -0.05) is 76.2 Å². The first kappa shape index (κ1) is 36.2. The van der Waals surface area contributed by atoms with E-state index < -0.39 is 23.4 Å². The topological polar surface area (TPSA) is 112 Å². The predicted molar refractivity (Wildman–Crippen MR) is 190 cm³/mol. The van der Waals surface area contributed by atoms with E-state index in [9.17, 15) is 9.59 Å². The van der Waals surface area contributed by atoms with Crippen molar-refractivity contribution in [1.82, 2.24) is 29.7 Å². The second-order valence-corrected chi connectivity index (χ2v) is 15.0. The second kappa shape index (κ2) is 14.3. The van der Waals surface area contributed by atoms with Crippen LogP contribution in [0.2, 0.25) is 0 Å². The highest BCUT2D eigenvalue weighted by Gasteiger charge is 2.28. The molecule has 2 aromatic heterocycles. The molecule has 2 N–H and O–H groups in total. The van der Waals surface area contributed by atoms with Gasteiger partial charge < -0.3 is 29.2 Å².